The third kappa shape index (κ3) is 2.98. The zero-order chi connectivity index (χ0) is 11.3. The van der Waals surface area contributed by atoms with Crippen molar-refractivity contribution in [3.05, 3.63) is 17.3 Å². The van der Waals surface area contributed by atoms with E-state index >= 15 is 0 Å². The van der Waals surface area contributed by atoms with Crippen LogP contribution in [-0.2, 0) is 0 Å². The lowest BCUT2D eigenvalue weighted by Crippen LogP contribution is -1.98. The average Bonchev–Trinajstić information content (AvgIpc) is 2.51. The highest BCUT2D eigenvalue weighted by molar-refractivity contribution is 5.93. The molecular formula is C11H19NO2. The second-order valence-corrected chi connectivity index (χ2v) is 3.16. The Morgan fingerprint density at radius 2 is 1.86 bits per heavy atom. The molecule has 0 saturated heterocycles. The summed E-state index contributed by atoms with van der Waals surface area (Å²) >= 11 is 0. The number of carbonyl (C=O) groups excluding carboxylic acids is 1. The molecule has 0 aliphatic heterocycles. The van der Waals surface area contributed by atoms with E-state index in [-0.39, 0.29) is 11.7 Å². The van der Waals surface area contributed by atoms with E-state index < -0.39 is 0 Å². The van der Waals surface area contributed by atoms with Gasteiger partial charge in [-0.25, -0.2) is 4.98 Å². The van der Waals surface area contributed by atoms with Crippen molar-refractivity contribution in [2.45, 2.75) is 47.5 Å². The van der Waals surface area contributed by atoms with Crippen LogP contribution in [0.1, 0.15) is 62.7 Å². The van der Waals surface area contributed by atoms with Gasteiger partial charge in [-0.05, 0) is 0 Å². The molecule has 80 valence electrons. The molecule has 0 saturated carbocycles. The monoisotopic (exact) mass is 197 g/mol. The minimum atomic E-state index is -0.0319. The molecule has 0 aromatic carbocycles. The van der Waals surface area contributed by atoms with Crippen LogP contribution in [0.4, 0.5) is 0 Å². The molecule has 0 radical (unpaired) electrons. The first-order valence-electron chi connectivity index (χ1n) is 5.00. The van der Waals surface area contributed by atoms with Gasteiger partial charge in [0.2, 0.25) is 0 Å². The van der Waals surface area contributed by atoms with Gasteiger partial charge in [-0.2, -0.15) is 0 Å². The van der Waals surface area contributed by atoms with E-state index in [1.54, 1.807) is 6.92 Å². The summed E-state index contributed by atoms with van der Waals surface area (Å²) in [7, 11) is 0. The van der Waals surface area contributed by atoms with Gasteiger partial charge in [0.25, 0.3) is 0 Å². The number of carbonyl (C=O) groups is 1. The average molecular weight is 197 g/mol. The summed E-state index contributed by atoms with van der Waals surface area (Å²) < 4.78 is 5.31. The third-order valence-corrected chi connectivity index (χ3v) is 1.62. The molecule has 3 nitrogen and oxygen atoms in total. The van der Waals surface area contributed by atoms with E-state index in [4.69, 9.17) is 4.42 Å². The zero-order valence-electron chi connectivity index (χ0n) is 9.84. The zero-order valence-corrected chi connectivity index (χ0v) is 9.84. The predicted octanol–water partition coefficient (Wildman–Crippen LogP) is 3.34. The third-order valence-electron chi connectivity index (χ3n) is 1.62. The number of hydrogen-bond acceptors (Lipinski definition) is 3. The van der Waals surface area contributed by atoms with Crippen LogP contribution in [0.25, 0.3) is 0 Å². The first-order chi connectivity index (χ1) is 6.52. The van der Waals surface area contributed by atoms with Gasteiger partial charge in [0.1, 0.15) is 11.5 Å². The van der Waals surface area contributed by atoms with Crippen molar-refractivity contribution in [2.75, 3.05) is 0 Å². The van der Waals surface area contributed by atoms with Crippen molar-refractivity contribution in [3.63, 3.8) is 0 Å². The van der Waals surface area contributed by atoms with Crippen molar-refractivity contribution >= 4 is 5.78 Å². The summed E-state index contributed by atoms with van der Waals surface area (Å²) in [5, 5.41) is 0. The Kier molecular flexibility index (Phi) is 5.13. The summed E-state index contributed by atoms with van der Waals surface area (Å²) in [6.07, 6.45) is 0. The van der Waals surface area contributed by atoms with E-state index in [1.165, 1.54) is 6.92 Å². The summed E-state index contributed by atoms with van der Waals surface area (Å²) in [5.74, 6) is 1.43. The standard InChI is InChI=1S/C9H13NO2.C2H6/c1-5(2)9-8(6(3)11)10-7(4)12-9;1-2/h5H,1-4H3;1-2H3. The lowest BCUT2D eigenvalue weighted by Gasteiger charge is -1.99. The quantitative estimate of drug-likeness (QED) is 0.683. The van der Waals surface area contributed by atoms with E-state index in [0.29, 0.717) is 17.3 Å². The Labute approximate surface area is 85.5 Å². The fourth-order valence-electron chi connectivity index (χ4n) is 1.09. The second kappa shape index (κ2) is 5.58. The molecule has 3 heteroatoms. The molecule has 0 spiro atoms. The summed E-state index contributed by atoms with van der Waals surface area (Å²) in [6.45, 7) is 11.2. The fourth-order valence-corrected chi connectivity index (χ4v) is 1.09. The number of nitrogens with zero attached hydrogens (tertiary/aromatic N) is 1. The number of aryl methyl sites for hydroxylation is 1. The lowest BCUT2D eigenvalue weighted by molar-refractivity contribution is 0.101. The topological polar surface area (TPSA) is 43.1 Å². The van der Waals surface area contributed by atoms with Crippen LogP contribution in [0.5, 0.6) is 0 Å². The lowest BCUT2D eigenvalue weighted by atomic mass is 10.1. The van der Waals surface area contributed by atoms with Crippen LogP contribution in [0.3, 0.4) is 0 Å². The van der Waals surface area contributed by atoms with Crippen LogP contribution in [0.15, 0.2) is 4.42 Å². The SMILES string of the molecule is CC.CC(=O)c1nc(C)oc1C(C)C. The van der Waals surface area contributed by atoms with Crippen molar-refractivity contribution in [3.8, 4) is 0 Å². The highest BCUT2D eigenvalue weighted by Gasteiger charge is 2.17. The van der Waals surface area contributed by atoms with Crippen molar-refractivity contribution in [1.29, 1.82) is 0 Å². The highest BCUT2D eigenvalue weighted by atomic mass is 16.4. The van der Waals surface area contributed by atoms with Gasteiger partial charge in [0, 0.05) is 19.8 Å². The molecule has 0 bridgehead atoms. The Morgan fingerprint density at radius 1 is 1.36 bits per heavy atom. The Bertz CT molecular complexity index is 300. The Balaban J connectivity index is 0.000000791. The minimum Gasteiger partial charge on any atom is -0.445 e. The van der Waals surface area contributed by atoms with Crippen molar-refractivity contribution in [2.24, 2.45) is 0 Å². The van der Waals surface area contributed by atoms with Crippen LogP contribution in [0.2, 0.25) is 0 Å². The van der Waals surface area contributed by atoms with Gasteiger partial charge in [-0.1, -0.05) is 27.7 Å². The number of ketones is 1. The molecule has 1 aromatic heterocycles. The van der Waals surface area contributed by atoms with Crippen molar-refractivity contribution < 1.29 is 9.21 Å². The van der Waals surface area contributed by atoms with Gasteiger partial charge < -0.3 is 4.42 Å². The Hall–Kier alpha value is -1.12. The van der Waals surface area contributed by atoms with Crippen LogP contribution >= 0.6 is 0 Å². The number of rotatable bonds is 2. The van der Waals surface area contributed by atoms with Crippen LogP contribution in [-0.4, -0.2) is 10.8 Å². The first kappa shape index (κ1) is 12.9. The van der Waals surface area contributed by atoms with E-state index in [9.17, 15) is 4.79 Å². The van der Waals surface area contributed by atoms with Gasteiger partial charge in [0.15, 0.2) is 11.7 Å². The highest BCUT2D eigenvalue weighted by Crippen LogP contribution is 2.20. The maximum Gasteiger partial charge on any atom is 0.191 e. The van der Waals surface area contributed by atoms with Gasteiger partial charge in [-0.3, -0.25) is 4.79 Å². The maximum atomic E-state index is 11.1. The largest absolute Gasteiger partial charge is 0.445 e. The molecule has 0 atom stereocenters. The smallest absolute Gasteiger partial charge is 0.191 e. The molecular weight excluding hydrogens is 178 g/mol. The number of hydrogen-bond donors (Lipinski definition) is 0. The first-order valence-corrected chi connectivity index (χ1v) is 5.00. The molecule has 0 N–H and O–H groups in total. The molecule has 0 aliphatic rings. The van der Waals surface area contributed by atoms with E-state index in [2.05, 4.69) is 4.98 Å². The van der Waals surface area contributed by atoms with Crippen LogP contribution < -0.4 is 0 Å². The molecule has 0 aliphatic carbocycles. The minimum absolute atomic E-state index is 0.0319. The fraction of sp³-hybridized carbons (Fsp3) is 0.636. The summed E-state index contributed by atoms with van der Waals surface area (Å²) in [6, 6.07) is 0. The molecule has 0 unspecified atom stereocenters. The van der Waals surface area contributed by atoms with E-state index in [0.717, 1.165) is 0 Å². The normalized spacial score (nSPS) is 9.64. The Morgan fingerprint density at radius 3 is 2.14 bits per heavy atom. The molecule has 0 fully saturated rings. The van der Waals surface area contributed by atoms with E-state index in [1.807, 2.05) is 27.7 Å². The molecule has 1 heterocycles. The number of Topliss-reactive ketones (excluding diaryl/α,β-unsaturated/α-hetero) is 1. The molecule has 1 rings (SSSR count). The second-order valence-electron chi connectivity index (χ2n) is 3.16. The van der Waals surface area contributed by atoms with Crippen LogP contribution in [0, 0.1) is 6.92 Å². The molecule has 14 heavy (non-hydrogen) atoms. The summed E-state index contributed by atoms with van der Waals surface area (Å²) in [5.41, 5.74) is 0.475. The summed E-state index contributed by atoms with van der Waals surface area (Å²) in [4.78, 5) is 15.1. The molecule has 0 amide bonds. The van der Waals surface area contributed by atoms with Crippen molar-refractivity contribution in [1.82, 2.24) is 4.98 Å². The molecule has 1 aromatic rings. The van der Waals surface area contributed by atoms with Gasteiger partial charge in [0.05, 0.1) is 0 Å². The number of aromatic nitrogens is 1. The maximum absolute atomic E-state index is 11.1. The van der Waals surface area contributed by atoms with Gasteiger partial charge in [-0.15, -0.1) is 0 Å². The predicted molar refractivity (Wildman–Crippen MR) is 56.7 cm³/mol. The van der Waals surface area contributed by atoms with Gasteiger partial charge >= 0.3 is 0 Å². The number of oxazole rings is 1.